The molecule has 2 aromatic carbocycles. The van der Waals surface area contributed by atoms with Crippen LogP contribution in [0.2, 0.25) is 0 Å². The predicted octanol–water partition coefficient (Wildman–Crippen LogP) is 3.53. The number of hydrogen-bond acceptors (Lipinski definition) is 4. The summed E-state index contributed by atoms with van der Waals surface area (Å²) in [6.45, 7) is 4.42. The maximum atomic E-state index is 12.7. The molecule has 1 N–H and O–H groups in total. The quantitative estimate of drug-likeness (QED) is 0.772. The number of nitrogens with zero attached hydrogens (tertiary/aromatic N) is 1. The van der Waals surface area contributed by atoms with Crippen LogP contribution in [0.25, 0.3) is 0 Å². The first-order chi connectivity index (χ1) is 12.4. The molecule has 0 spiro atoms. The highest BCUT2D eigenvalue weighted by Gasteiger charge is 2.16. The number of methoxy groups -OCH3 is 1. The zero-order valence-corrected chi connectivity index (χ0v) is 15.7. The van der Waals surface area contributed by atoms with E-state index in [0.29, 0.717) is 23.4 Å². The van der Waals surface area contributed by atoms with Crippen LogP contribution in [0.1, 0.15) is 43.8 Å². The van der Waals surface area contributed by atoms with Gasteiger partial charge in [0, 0.05) is 19.2 Å². The molecule has 2 rings (SSSR count). The molecular weight excluding hydrogens is 330 g/mol. The Morgan fingerprint density at radius 3 is 2.54 bits per heavy atom. The average molecular weight is 355 g/mol. The Labute approximate surface area is 154 Å². The molecule has 0 saturated heterocycles. The zero-order valence-electron chi connectivity index (χ0n) is 15.7. The van der Waals surface area contributed by atoms with Gasteiger partial charge in [0.05, 0.1) is 12.7 Å². The van der Waals surface area contributed by atoms with Crippen molar-refractivity contribution >= 4 is 12.2 Å². The zero-order chi connectivity index (χ0) is 19.3. The van der Waals surface area contributed by atoms with E-state index < -0.39 is 0 Å². The van der Waals surface area contributed by atoms with Crippen LogP contribution in [0.15, 0.2) is 30.3 Å². The Kier molecular flexibility index (Phi) is 6.39. The van der Waals surface area contributed by atoms with Crippen molar-refractivity contribution < 1.29 is 19.4 Å². The topological polar surface area (TPSA) is 66.8 Å². The summed E-state index contributed by atoms with van der Waals surface area (Å²) in [6.07, 6.45) is 2.25. The van der Waals surface area contributed by atoms with E-state index in [1.54, 1.807) is 36.2 Å². The molecule has 5 nitrogen and oxygen atoms in total. The van der Waals surface area contributed by atoms with Crippen LogP contribution < -0.4 is 4.74 Å². The number of aryl methyl sites for hydroxylation is 3. The van der Waals surface area contributed by atoms with Crippen LogP contribution in [0.4, 0.5) is 0 Å². The van der Waals surface area contributed by atoms with E-state index in [2.05, 4.69) is 0 Å². The number of carbonyl (C=O) groups is 2. The molecule has 138 valence electrons. The van der Waals surface area contributed by atoms with Crippen LogP contribution >= 0.6 is 0 Å². The fraction of sp³-hybridized carbons (Fsp3) is 0.333. The molecular formula is C21H25NO4. The van der Waals surface area contributed by atoms with Crippen LogP contribution in [0.5, 0.6) is 11.5 Å². The number of phenols is 1. The van der Waals surface area contributed by atoms with Gasteiger partial charge in [0.25, 0.3) is 5.91 Å². The molecule has 0 aliphatic carbocycles. The van der Waals surface area contributed by atoms with Gasteiger partial charge in [-0.05, 0) is 67.6 Å². The molecule has 0 bridgehead atoms. The Balaban J connectivity index is 2.02. The van der Waals surface area contributed by atoms with E-state index in [9.17, 15) is 14.7 Å². The minimum absolute atomic E-state index is 0.111. The fourth-order valence-electron chi connectivity index (χ4n) is 2.83. The minimum atomic E-state index is -0.154. The standard InChI is InChI=1S/C21H25NO4/c1-14-10-17(13-23)18(11-15(14)2)21(25)22(3)9-5-6-16-7-8-19(24)20(12-16)26-4/h7-8,10-13,24H,5-6,9H2,1-4H3. The third-order valence-corrected chi connectivity index (χ3v) is 4.57. The molecule has 0 radical (unpaired) electrons. The number of rotatable bonds is 7. The second-order valence-electron chi connectivity index (χ2n) is 6.48. The molecule has 0 aliphatic rings. The number of aldehydes is 1. The summed E-state index contributed by atoms with van der Waals surface area (Å²) in [5.74, 6) is 0.399. The molecule has 0 fully saturated rings. The molecule has 5 heteroatoms. The lowest BCUT2D eigenvalue weighted by atomic mass is 9.99. The summed E-state index contributed by atoms with van der Waals surface area (Å²) in [5, 5.41) is 9.63. The molecule has 0 aromatic heterocycles. The highest BCUT2D eigenvalue weighted by atomic mass is 16.5. The van der Waals surface area contributed by atoms with E-state index in [-0.39, 0.29) is 11.7 Å². The van der Waals surface area contributed by atoms with E-state index in [0.717, 1.165) is 35.8 Å². The smallest absolute Gasteiger partial charge is 0.254 e. The Bertz CT molecular complexity index is 814. The number of amides is 1. The van der Waals surface area contributed by atoms with Gasteiger partial charge in [0.1, 0.15) is 0 Å². The van der Waals surface area contributed by atoms with Crippen molar-refractivity contribution in [2.24, 2.45) is 0 Å². The monoisotopic (exact) mass is 355 g/mol. The molecule has 0 heterocycles. The summed E-state index contributed by atoms with van der Waals surface area (Å²) in [4.78, 5) is 25.6. The summed E-state index contributed by atoms with van der Waals surface area (Å²) in [7, 11) is 3.25. The number of phenolic OH excluding ortho intramolecular Hbond substituents is 1. The van der Waals surface area contributed by atoms with E-state index in [4.69, 9.17) is 4.74 Å². The SMILES string of the molecule is COc1cc(CCCN(C)C(=O)c2cc(C)c(C)cc2C=O)ccc1O. The number of ether oxygens (including phenoxy) is 1. The van der Waals surface area contributed by atoms with Gasteiger partial charge in [-0.2, -0.15) is 0 Å². The summed E-state index contributed by atoms with van der Waals surface area (Å²) >= 11 is 0. The third kappa shape index (κ3) is 4.42. The largest absolute Gasteiger partial charge is 0.504 e. The summed E-state index contributed by atoms with van der Waals surface area (Å²) in [5.41, 5.74) is 3.88. The highest BCUT2D eigenvalue weighted by Crippen LogP contribution is 2.26. The molecule has 0 unspecified atom stereocenters. The molecule has 0 aliphatic heterocycles. The maximum absolute atomic E-state index is 12.7. The van der Waals surface area contributed by atoms with E-state index in [1.807, 2.05) is 19.9 Å². The molecule has 0 atom stereocenters. The normalized spacial score (nSPS) is 10.5. The fourth-order valence-corrected chi connectivity index (χ4v) is 2.83. The van der Waals surface area contributed by atoms with Crippen molar-refractivity contribution in [3.05, 3.63) is 58.1 Å². The average Bonchev–Trinajstić information content (AvgIpc) is 2.64. The van der Waals surface area contributed by atoms with E-state index in [1.165, 1.54) is 7.11 Å². The van der Waals surface area contributed by atoms with Crippen LogP contribution in [0.3, 0.4) is 0 Å². The number of benzene rings is 2. The first-order valence-electron chi connectivity index (χ1n) is 8.55. The lowest BCUT2D eigenvalue weighted by Gasteiger charge is -2.19. The Hall–Kier alpha value is -2.82. The Morgan fingerprint density at radius 1 is 1.19 bits per heavy atom. The second kappa shape index (κ2) is 8.52. The van der Waals surface area contributed by atoms with Crippen molar-refractivity contribution in [1.82, 2.24) is 4.90 Å². The highest BCUT2D eigenvalue weighted by molar-refractivity contribution is 6.01. The van der Waals surface area contributed by atoms with Gasteiger partial charge in [0.15, 0.2) is 17.8 Å². The van der Waals surface area contributed by atoms with Gasteiger partial charge >= 0.3 is 0 Å². The number of hydrogen-bond donors (Lipinski definition) is 1. The maximum Gasteiger partial charge on any atom is 0.254 e. The van der Waals surface area contributed by atoms with Gasteiger partial charge in [-0.3, -0.25) is 9.59 Å². The van der Waals surface area contributed by atoms with Gasteiger partial charge < -0.3 is 14.7 Å². The van der Waals surface area contributed by atoms with Crippen LogP contribution in [0, 0.1) is 13.8 Å². The molecule has 1 amide bonds. The van der Waals surface area contributed by atoms with Crippen molar-refractivity contribution in [2.45, 2.75) is 26.7 Å². The van der Waals surface area contributed by atoms with Gasteiger partial charge in [0.2, 0.25) is 0 Å². The van der Waals surface area contributed by atoms with Crippen molar-refractivity contribution in [2.75, 3.05) is 20.7 Å². The summed E-state index contributed by atoms with van der Waals surface area (Å²) < 4.78 is 5.11. The Morgan fingerprint density at radius 2 is 1.88 bits per heavy atom. The third-order valence-electron chi connectivity index (χ3n) is 4.57. The second-order valence-corrected chi connectivity index (χ2v) is 6.48. The van der Waals surface area contributed by atoms with Crippen LogP contribution in [-0.2, 0) is 6.42 Å². The van der Waals surface area contributed by atoms with E-state index >= 15 is 0 Å². The van der Waals surface area contributed by atoms with Gasteiger partial charge in [-0.15, -0.1) is 0 Å². The molecule has 26 heavy (non-hydrogen) atoms. The van der Waals surface area contributed by atoms with Crippen molar-refractivity contribution in [3.63, 3.8) is 0 Å². The van der Waals surface area contributed by atoms with Crippen molar-refractivity contribution in [1.29, 1.82) is 0 Å². The number of carbonyl (C=O) groups excluding carboxylic acids is 2. The predicted molar refractivity (Wildman–Crippen MR) is 101 cm³/mol. The van der Waals surface area contributed by atoms with Crippen LogP contribution in [-0.4, -0.2) is 42.9 Å². The van der Waals surface area contributed by atoms with Gasteiger partial charge in [-0.25, -0.2) is 0 Å². The lowest BCUT2D eigenvalue weighted by Crippen LogP contribution is -2.29. The first-order valence-corrected chi connectivity index (χ1v) is 8.55. The lowest BCUT2D eigenvalue weighted by molar-refractivity contribution is 0.0790. The first kappa shape index (κ1) is 19.5. The van der Waals surface area contributed by atoms with Crippen molar-refractivity contribution in [3.8, 4) is 11.5 Å². The van der Waals surface area contributed by atoms with Gasteiger partial charge in [-0.1, -0.05) is 6.07 Å². The molecule has 2 aromatic rings. The number of aromatic hydroxyl groups is 1. The molecule has 0 saturated carbocycles. The minimum Gasteiger partial charge on any atom is -0.504 e. The summed E-state index contributed by atoms with van der Waals surface area (Å²) in [6, 6.07) is 8.78.